The van der Waals surface area contributed by atoms with Crippen molar-refractivity contribution in [2.24, 2.45) is 5.92 Å². The lowest BCUT2D eigenvalue weighted by atomic mass is 9.97. The molecule has 0 aliphatic carbocycles. The second-order valence-electron chi connectivity index (χ2n) is 8.28. The molecular weight excluding hydrogens is 428 g/mol. The summed E-state index contributed by atoms with van der Waals surface area (Å²) in [4.78, 5) is 22.1. The predicted molar refractivity (Wildman–Crippen MR) is 125 cm³/mol. The topological polar surface area (TPSA) is 95.3 Å². The molecule has 3 N–H and O–H groups in total. The minimum atomic E-state index is -0.609. The maximum absolute atomic E-state index is 11.4. The van der Waals surface area contributed by atoms with E-state index in [-0.39, 0.29) is 5.56 Å². The Hall–Kier alpha value is -2.68. The van der Waals surface area contributed by atoms with Crippen LogP contribution in [0.1, 0.15) is 42.1 Å². The van der Waals surface area contributed by atoms with E-state index in [2.05, 4.69) is 50.0 Å². The number of amides is 1. The molecule has 0 unspecified atom stereocenters. The number of piperidine rings is 1. The molecule has 8 nitrogen and oxygen atoms in total. The zero-order valence-electron chi connectivity index (χ0n) is 18.2. The average Bonchev–Trinajstić information content (AvgIpc) is 3.16. The van der Waals surface area contributed by atoms with Crippen LogP contribution in [0.3, 0.4) is 0 Å². The molecule has 0 bridgehead atoms. The van der Waals surface area contributed by atoms with Crippen molar-refractivity contribution in [1.82, 2.24) is 25.3 Å². The van der Waals surface area contributed by atoms with E-state index >= 15 is 0 Å². The van der Waals surface area contributed by atoms with Gasteiger partial charge in [-0.3, -0.25) is 10.0 Å². The summed E-state index contributed by atoms with van der Waals surface area (Å²) >= 11 is 6.22. The molecule has 0 spiro atoms. The quantitative estimate of drug-likeness (QED) is 0.354. The van der Waals surface area contributed by atoms with Crippen molar-refractivity contribution in [3.63, 3.8) is 0 Å². The summed E-state index contributed by atoms with van der Waals surface area (Å²) in [6.07, 6.45) is 8.32. The Morgan fingerprint density at radius 2 is 2.00 bits per heavy atom. The molecule has 1 amide bonds. The van der Waals surface area contributed by atoms with Crippen molar-refractivity contribution in [2.75, 3.05) is 24.5 Å². The Kier molecular flexibility index (Phi) is 7.24. The maximum Gasteiger partial charge on any atom is 0.277 e. The zero-order valence-corrected chi connectivity index (χ0v) is 19.0. The molecule has 4 rings (SSSR count). The van der Waals surface area contributed by atoms with Crippen LogP contribution < -0.4 is 15.7 Å². The van der Waals surface area contributed by atoms with Gasteiger partial charge in [0.1, 0.15) is 0 Å². The lowest BCUT2D eigenvalue weighted by molar-refractivity contribution is 0.0705. The SMILES string of the molecule is CCCn1cc(CNCC2CCN(c3ncc(C(=O)NO)cn3)CC2)c2ccc(Cl)cc21. The van der Waals surface area contributed by atoms with E-state index in [0.717, 1.165) is 57.0 Å². The first-order valence-electron chi connectivity index (χ1n) is 11.1. The standard InChI is InChI=1S/C23H29ClN6O2/c1-2-7-30-15-18(20-4-3-19(24)10-21(20)30)12-25-11-16-5-8-29(9-6-16)23-26-13-17(14-27-23)22(31)28-32/h3-4,10,13-16,25,32H,2,5-9,11-12H2,1H3,(H,28,31). The fraction of sp³-hybridized carbons (Fsp3) is 0.435. The van der Waals surface area contributed by atoms with E-state index in [1.165, 1.54) is 28.9 Å². The Balaban J connectivity index is 1.29. The molecular formula is C23H29ClN6O2. The fourth-order valence-electron chi connectivity index (χ4n) is 4.32. The van der Waals surface area contributed by atoms with Crippen LogP contribution in [-0.4, -0.2) is 45.3 Å². The number of anilines is 1. The van der Waals surface area contributed by atoms with Crippen LogP contribution in [0.2, 0.25) is 5.02 Å². The summed E-state index contributed by atoms with van der Waals surface area (Å²) < 4.78 is 2.30. The zero-order chi connectivity index (χ0) is 22.5. The fourth-order valence-corrected chi connectivity index (χ4v) is 4.49. The van der Waals surface area contributed by atoms with Gasteiger partial charge in [0.2, 0.25) is 5.95 Å². The minimum absolute atomic E-state index is 0.234. The first kappa shape index (κ1) is 22.5. The van der Waals surface area contributed by atoms with Crippen LogP contribution in [0.15, 0.2) is 36.8 Å². The number of aromatic nitrogens is 3. The van der Waals surface area contributed by atoms with Gasteiger partial charge in [0.15, 0.2) is 0 Å². The Bertz CT molecular complexity index is 1060. The highest BCUT2D eigenvalue weighted by atomic mass is 35.5. The summed E-state index contributed by atoms with van der Waals surface area (Å²) in [5, 5.41) is 14.4. The van der Waals surface area contributed by atoms with Crippen molar-refractivity contribution in [1.29, 1.82) is 0 Å². The normalized spacial score (nSPS) is 14.8. The molecule has 3 aromatic rings. The molecule has 0 radical (unpaired) electrons. The number of carbonyl (C=O) groups excluding carboxylic acids is 1. The number of hydrogen-bond donors (Lipinski definition) is 3. The number of rotatable bonds is 8. The lowest BCUT2D eigenvalue weighted by Gasteiger charge is -2.32. The van der Waals surface area contributed by atoms with Gasteiger partial charge in [-0.1, -0.05) is 24.6 Å². The van der Waals surface area contributed by atoms with Crippen molar-refractivity contribution >= 4 is 34.4 Å². The molecule has 0 saturated carbocycles. The third-order valence-electron chi connectivity index (χ3n) is 6.04. The summed E-state index contributed by atoms with van der Waals surface area (Å²) in [7, 11) is 0. The van der Waals surface area contributed by atoms with Gasteiger partial charge in [-0.05, 0) is 49.4 Å². The first-order chi connectivity index (χ1) is 15.6. The molecule has 1 aliphatic rings. The van der Waals surface area contributed by atoms with Gasteiger partial charge in [0.25, 0.3) is 5.91 Å². The van der Waals surface area contributed by atoms with Crippen LogP contribution in [0, 0.1) is 5.92 Å². The van der Waals surface area contributed by atoms with Crippen molar-refractivity contribution in [2.45, 2.75) is 39.3 Å². The van der Waals surface area contributed by atoms with E-state index in [1.807, 2.05) is 6.07 Å². The largest absolute Gasteiger partial charge is 0.347 e. The number of nitrogens with zero attached hydrogens (tertiary/aromatic N) is 4. The van der Waals surface area contributed by atoms with E-state index in [4.69, 9.17) is 16.8 Å². The second kappa shape index (κ2) is 10.3. The molecule has 2 aromatic heterocycles. The monoisotopic (exact) mass is 456 g/mol. The highest BCUT2D eigenvalue weighted by Crippen LogP contribution is 2.26. The minimum Gasteiger partial charge on any atom is -0.347 e. The molecule has 3 heterocycles. The van der Waals surface area contributed by atoms with Gasteiger partial charge in [-0.15, -0.1) is 0 Å². The smallest absolute Gasteiger partial charge is 0.277 e. The third kappa shape index (κ3) is 5.03. The predicted octanol–water partition coefficient (Wildman–Crippen LogP) is 3.62. The molecule has 0 atom stereocenters. The average molecular weight is 457 g/mol. The highest BCUT2D eigenvalue weighted by Gasteiger charge is 2.21. The van der Waals surface area contributed by atoms with Crippen LogP contribution in [-0.2, 0) is 13.1 Å². The number of benzene rings is 1. The molecule has 170 valence electrons. The Morgan fingerprint density at radius 1 is 1.25 bits per heavy atom. The molecule has 32 heavy (non-hydrogen) atoms. The van der Waals surface area contributed by atoms with Crippen molar-refractivity contribution in [3.8, 4) is 0 Å². The van der Waals surface area contributed by atoms with Gasteiger partial charge in [-0.2, -0.15) is 0 Å². The summed E-state index contributed by atoms with van der Waals surface area (Å²) in [6, 6.07) is 6.13. The number of nitrogens with one attached hydrogen (secondary N) is 2. The van der Waals surface area contributed by atoms with Crippen molar-refractivity contribution < 1.29 is 10.0 Å². The molecule has 1 saturated heterocycles. The number of aryl methyl sites for hydroxylation is 1. The summed E-state index contributed by atoms with van der Waals surface area (Å²) in [6.45, 7) is 6.75. The van der Waals surface area contributed by atoms with Gasteiger partial charge in [-0.25, -0.2) is 15.4 Å². The van der Waals surface area contributed by atoms with Crippen LogP contribution in [0.5, 0.6) is 0 Å². The number of carbonyl (C=O) groups is 1. The number of fused-ring (bicyclic) bond motifs is 1. The summed E-state index contributed by atoms with van der Waals surface area (Å²) in [5.41, 5.74) is 4.33. The number of hydrogen-bond acceptors (Lipinski definition) is 6. The Labute approximate surface area is 192 Å². The number of halogens is 1. The molecule has 1 aliphatic heterocycles. The highest BCUT2D eigenvalue weighted by molar-refractivity contribution is 6.31. The van der Waals surface area contributed by atoms with E-state index in [9.17, 15) is 4.79 Å². The van der Waals surface area contributed by atoms with Crippen molar-refractivity contribution in [3.05, 3.63) is 52.9 Å². The maximum atomic E-state index is 11.4. The van der Waals surface area contributed by atoms with Gasteiger partial charge in [0.05, 0.1) is 5.56 Å². The van der Waals surface area contributed by atoms with Crippen LogP contribution >= 0.6 is 11.6 Å². The van der Waals surface area contributed by atoms with Gasteiger partial charge >= 0.3 is 0 Å². The first-order valence-corrected chi connectivity index (χ1v) is 11.5. The lowest BCUT2D eigenvalue weighted by Crippen LogP contribution is -2.38. The van der Waals surface area contributed by atoms with Crippen LogP contribution in [0.25, 0.3) is 10.9 Å². The van der Waals surface area contributed by atoms with Crippen LogP contribution in [0.4, 0.5) is 5.95 Å². The molecule has 1 fully saturated rings. The van der Waals surface area contributed by atoms with E-state index in [1.54, 1.807) is 5.48 Å². The molecule has 1 aromatic carbocycles. The summed E-state index contributed by atoms with van der Waals surface area (Å²) in [5.74, 6) is 0.611. The van der Waals surface area contributed by atoms with E-state index < -0.39 is 5.91 Å². The Morgan fingerprint density at radius 3 is 2.69 bits per heavy atom. The van der Waals surface area contributed by atoms with Gasteiger partial charge in [0, 0.05) is 60.7 Å². The number of hydroxylamine groups is 1. The molecule has 9 heteroatoms. The van der Waals surface area contributed by atoms with Gasteiger partial charge < -0.3 is 14.8 Å². The van der Waals surface area contributed by atoms with E-state index in [0.29, 0.717) is 11.9 Å². The second-order valence-corrected chi connectivity index (χ2v) is 8.72. The third-order valence-corrected chi connectivity index (χ3v) is 6.27.